The summed E-state index contributed by atoms with van der Waals surface area (Å²) in [7, 11) is 0. The second-order valence-electron chi connectivity index (χ2n) is 4.52. The standard InChI is InChI=1S/C13H22N2O/c1-9(5-11(7-14)8-15)12-3-4-13(16)10(2)6-12/h3-4,6,9,11,16H,5,7-8,14-15H2,1-2H3. The van der Waals surface area contributed by atoms with Crippen LogP contribution in [0, 0.1) is 12.8 Å². The first-order valence-electron chi connectivity index (χ1n) is 5.78. The van der Waals surface area contributed by atoms with E-state index in [1.54, 1.807) is 6.07 Å². The summed E-state index contributed by atoms with van der Waals surface area (Å²) in [6.07, 6.45) is 0.997. The zero-order valence-corrected chi connectivity index (χ0v) is 10.1. The monoisotopic (exact) mass is 222 g/mol. The molecule has 0 aliphatic rings. The molecular formula is C13H22N2O. The highest BCUT2D eigenvalue weighted by molar-refractivity contribution is 5.36. The first-order valence-corrected chi connectivity index (χ1v) is 5.78. The molecule has 0 bridgehead atoms. The summed E-state index contributed by atoms with van der Waals surface area (Å²) in [5.74, 6) is 1.16. The number of hydrogen-bond donors (Lipinski definition) is 3. The predicted octanol–water partition coefficient (Wildman–Crippen LogP) is 1.73. The average molecular weight is 222 g/mol. The Morgan fingerprint density at radius 1 is 1.25 bits per heavy atom. The third-order valence-electron chi connectivity index (χ3n) is 3.14. The van der Waals surface area contributed by atoms with Crippen molar-refractivity contribution in [3.63, 3.8) is 0 Å². The molecule has 3 nitrogen and oxygen atoms in total. The van der Waals surface area contributed by atoms with E-state index in [0.29, 0.717) is 30.7 Å². The Morgan fingerprint density at radius 2 is 1.88 bits per heavy atom. The lowest BCUT2D eigenvalue weighted by molar-refractivity contribution is 0.460. The Labute approximate surface area is 97.5 Å². The third kappa shape index (κ3) is 3.22. The van der Waals surface area contributed by atoms with Crippen molar-refractivity contribution in [2.24, 2.45) is 17.4 Å². The molecule has 0 aromatic heterocycles. The Morgan fingerprint density at radius 3 is 2.38 bits per heavy atom. The fraction of sp³-hybridized carbons (Fsp3) is 0.538. The van der Waals surface area contributed by atoms with Crippen LogP contribution in [0.15, 0.2) is 18.2 Å². The molecule has 0 saturated heterocycles. The van der Waals surface area contributed by atoms with Crippen LogP contribution in [0.2, 0.25) is 0 Å². The van der Waals surface area contributed by atoms with Crippen molar-refractivity contribution in [2.45, 2.75) is 26.2 Å². The number of hydrogen-bond acceptors (Lipinski definition) is 3. The van der Waals surface area contributed by atoms with Crippen LogP contribution in [-0.4, -0.2) is 18.2 Å². The van der Waals surface area contributed by atoms with Crippen LogP contribution in [0.1, 0.15) is 30.4 Å². The van der Waals surface area contributed by atoms with Gasteiger partial charge in [0, 0.05) is 0 Å². The van der Waals surface area contributed by atoms with Crippen LogP contribution in [0.4, 0.5) is 0 Å². The molecule has 1 aromatic rings. The van der Waals surface area contributed by atoms with E-state index < -0.39 is 0 Å². The van der Waals surface area contributed by atoms with E-state index in [1.165, 1.54) is 5.56 Å². The number of phenols is 1. The summed E-state index contributed by atoms with van der Waals surface area (Å²) in [4.78, 5) is 0. The van der Waals surface area contributed by atoms with Crippen LogP contribution in [0.5, 0.6) is 5.75 Å². The molecule has 0 aliphatic heterocycles. The predicted molar refractivity (Wildman–Crippen MR) is 67.5 cm³/mol. The van der Waals surface area contributed by atoms with E-state index in [-0.39, 0.29) is 0 Å². The van der Waals surface area contributed by atoms with E-state index in [0.717, 1.165) is 12.0 Å². The quantitative estimate of drug-likeness (QED) is 0.710. The summed E-state index contributed by atoms with van der Waals surface area (Å²) in [6.45, 7) is 5.36. The maximum atomic E-state index is 9.46. The molecule has 0 radical (unpaired) electrons. The molecule has 0 heterocycles. The molecule has 1 unspecified atom stereocenters. The molecule has 1 rings (SSSR count). The Balaban J connectivity index is 2.72. The minimum atomic E-state index is 0.352. The van der Waals surface area contributed by atoms with Crippen molar-refractivity contribution in [1.29, 1.82) is 0 Å². The molecule has 0 fully saturated rings. The minimum Gasteiger partial charge on any atom is -0.508 e. The van der Waals surface area contributed by atoms with Crippen molar-refractivity contribution < 1.29 is 5.11 Å². The number of nitrogens with two attached hydrogens (primary N) is 2. The van der Waals surface area contributed by atoms with Gasteiger partial charge in [-0.15, -0.1) is 0 Å². The zero-order valence-electron chi connectivity index (χ0n) is 10.1. The van der Waals surface area contributed by atoms with Crippen molar-refractivity contribution in [3.8, 4) is 5.75 Å². The first kappa shape index (κ1) is 13.0. The number of phenolic OH excluding ortho intramolecular Hbond substituents is 1. The topological polar surface area (TPSA) is 72.3 Å². The maximum absolute atomic E-state index is 9.46. The van der Waals surface area contributed by atoms with Gasteiger partial charge in [-0.2, -0.15) is 0 Å². The molecule has 0 aliphatic carbocycles. The fourth-order valence-electron chi connectivity index (χ4n) is 1.91. The van der Waals surface area contributed by atoms with Gasteiger partial charge in [0.15, 0.2) is 0 Å². The lowest BCUT2D eigenvalue weighted by Gasteiger charge is -2.18. The van der Waals surface area contributed by atoms with Gasteiger partial charge in [0.2, 0.25) is 0 Å². The lowest BCUT2D eigenvalue weighted by atomic mass is 9.89. The Hall–Kier alpha value is -1.06. The van der Waals surface area contributed by atoms with E-state index in [9.17, 15) is 5.11 Å². The van der Waals surface area contributed by atoms with Gasteiger partial charge in [-0.1, -0.05) is 19.1 Å². The molecule has 0 saturated carbocycles. The number of rotatable bonds is 5. The summed E-state index contributed by atoms with van der Waals surface area (Å²) in [6, 6.07) is 5.75. The smallest absolute Gasteiger partial charge is 0.118 e. The maximum Gasteiger partial charge on any atom is 0.118 e. The molecule has 5 N–H and O–H groups in total. The average Bonchev–Trinajstić information content (AvgIpc) is 2.29. The minimum absolute atomic E-state index is 0.352. The first-order chi connectivity index (χ1) is 7.58. The Kier molecular flexibility index (Phi) is 4.77. The summed E-state index contributed by atoms with van der Waals surface area (Å²) in [5, 5.41) is 9.46. The van der Waals surface area contributed by atoms with Crippen LogP contribution in [-0.2, 0) is 0 Å². The lowest BCUT2D eigenvalue weighted by Crippen LogP contribution is -2.24. The van der Waals surface area contributed by atoms with Crippen molar-refractivity contribution >= 4 is 0 Å². The van der Waals surface area contributed by atoms with Gasteiger partial charge < -0.3 is 16.6 Å². The number of aryl methyl sites for hydroxylation is 1. The SMILES string of the molecule is Cc1cc(C(C)CC(CN)CN)ccc1O. The largest absolute Gasteiger partial charge is 0.508 e. The number of aromatic hydroxyl groups is 1. The molecule has 1 aromatic carbocycles. The molecule has 0 spiro atoms. The van der Waals surface area contributed by atoms with E-state index in [4.69, 9.17) is 11.5 Å². The molecule has 0 amide bonds. The molecule has 1 atom stereocenters. The molecule has 16 heavy (non-hydrogen) atoms. The van der Waals surface area contributed by atoms with E-state index in [2.05, 4.69) is 6.92 Å². The highest BCUT2D eigenvalue weighted by Gasteiger charge is 2.12. The highest BCUT2D eigenvalue weighted by Crippen LogP contribution is 2.26. The van der Waals surface area contributed by atoms with E-state index >= 15 is 0 Å². The van der Waals surface area contributed by atoms with Gasteiger partial charge in [0.25, 0.3) is 0 Å². The van der Waals surface area contributed by atoms with Crippen molar-refractivity contribution in [3.05, 3.63) is 29.3 Å². The van der Waals surface area contributed by atoms with Crippen LogP contribution >= 0.6 is 0 Å². The van der Waals surface area contributed by atoms with Crippen molar-refractivity contribution in [2.75, 3.05) is 13.1 Å². The summed E-state index contributed by atoms with van der Waals surface area (Å²) < 4.78 is 0. The van der Waals surface area contributed by atoms with Crippen molar-refractivity contribution in [1.82, 2.24) is 0 Å². The second-order valence-corrected chi connectivity index (χ2v) is 4.52. The molecule has 90 valence electrons. The van der Waals surface area contributed by atoms with Gasteiger partial charge in [0.05, 0.1) is 0 Å². The second kappa shape index (κ2) is 5.87. The normalized spacial score (nSPS) is 13.1. The van der Waals surface area contributed by atoms with Crippen LogP contribution in [0.3, 0.4) is 0 Å². The van der Waals surface area contributed by atoms with Gasteiger partial charge >= 0.3 is 0 Å². The van der Waals surface area contributed by atoms with Gasteiger partial charge in [-0.3, -0.25) is 0 Å². The van der Waals surface area contributed by atoms with E-state index in [1.807, 2.05) is 19.1 Å². The molecule has 3 heteroatoms. The van der Waals surface area contributed by atoms with Crippen LogP contribution < -0.4 is 11.5 Å². The van der Waals surface area contributed by atoms with Gasteiger partial charge in [-0.05, 0) is 55.5 Å². The van der Waals surface area contributed by atoms with Crippen LogP contribution in [0.25, 0.3) is 0 Å². The number of benzene rings is 1. The zero-order chi connectivity index (χ0) is 12.1. The van der Waals surface area contributed by atoms with Gasteiger partial charge in [-0.25, -0.2) is 0 Å². The van der Waals surface area contributed by atoms with Gasteiger partial charge in [0.1, 0.15) is 5.75 Å². The highest BCUT2D eigenvalue weighted by atomic mass is 16.3. The summed E-state index contributed by atoms with van der Waals surface area (Å²) >= 11 is 0. The molecular weight excluding hydrogens is 200 g/mol. The fourth-order valence-corrected chi connectivity index (χ4v) is 1.91. The summed E-state index contributed by atoms with van der Waals surface area (Å²) in [5.41, 5.74) is 13.4. The Bertz CT molecular complexity index is 335. The third-order valence-corrected chi connectivity index (χ3v) is 3.14.